The summed E-state index contributed by atoms with van der Waals surface area (Å²) >= 11 is 0. The molecule has 1 atom stereocenters. The molecule has 10 heteroatoms. The smallest absolute Gasteiger partial charge is 0.231 e. The first-order valence-corrected chi connectivity index (χ1v) is 14.6. The molecule has 0 aromatic heterocycles. The molecule has 0 saturated heterocycles. The van der Waals surface area contributed by atoms with Gasteiger partial charge >= 0.3 is 0 Å². The van der Waals surface area contributed by atoms with Gasteiger partial charge in [0, 0.05) is 11.8 Å². The Bertz CT molecular complexity index is 1220. The van der Waals surface area contributed by atoms with Crippen LogP contribution in [0.1, 0.15) is 18.4 Å². The maximum Gasteiger partial charge on any atom is 0.231 e. The Balaban J connectivity index is 1.30. The molecule has 232 valence electrons. The maximum absolute atomic E-state index is 12.9. The Hall–Kier alpha value is -3.83. The normalized spacial score (nSPS) is 17.1. The van der Waals surface area contributed by atoms with E-state index in [-0.39, 0.29) is 11.8 Å². The summed E-state index contributed by atoms with van der Waals surface area (Å²) in [6.45, 7) is 6.53. The van der Waals surface area contributed by atoms with Gasteiger partial charge in [-0.15, -0.1) is 0 Å². The fourth-order valence-corrected chi connectivity index (χ4v) is 4.14. The molecule has 1 amide bonds. The van der Waals surface area contributed by atoms with Gasteiger partial charge < -0.3 is 43.2 Å². The SMILES string of the molecule is C[C@H](C(=O)Nc1ccc2c(c1)OCCOCCOCCOc1ccccc1OCCOCCOCCO2)c1ccccc1. The molecule has 1 aliphatic heterocycles. The molecule has 0 fully saturated rings. The van der Waals surface area contributed by atoms with E-state index in [0.29, 0.717) is 108 Å². The van der Waals surface area contributed by atoms with Crippen molar-refractivity contribution in [1.29, 1.82) is 0 Å². The lowest BCUT2D eigenvalue weighted by molar-refractivity contribution is -0.117. The quantitative estimate of drug-likeness (QED) is 0.461. The van der Waals surface area contributed by atoms with Crippen molar-refractivity contribution in [2.24, 2.45) is 0 Å². The second kappa shape index (κ2) is 18.7. The minimum atomic E-state index is -0.309. The lowest BCUT2D eigenvalue weighted by Gasteiger charge is -2.17. The van der Waals surface area contributed by atoms with Crippen molar-refractivity contribution in [2.45, 2.75) is 12.8 Å². The van der Waals surface area contributed by atoms with Crippen molar-refractivity contribution in [2.75, 3.05) is 84.6 Å². The second-order valence-corrected chi connectivity index (χ2v) is 9.57. The Morgan fingerprint density at radius 2 is 0.953 bits per heavy atom. The van der Waals surface area contributed by atoms with Gasteiger partial charge in [-0.05, 0) is 36.8 Å². The average Bonchev–Trinajstić information content (AvgIpc) is 3.03. The predicted octanol–water partition coefficient (Wildman–Crippen LogP) is 4.72. The molecule has 0 saturated carbocycles. The number of nitrogens with one attached hydrogen (secondary N) is 1. The van der Waals surface area contributed by atoms with Crippen LogP contribution in [0.4, 0.5) is 5.69 Å². The first kappa shape index (κ1) is 32.1. The molecule has 3 aromatic rings. The maximum atomic E-state index is 12.9. The highest BCUT2D eigenvalue weighted by molar-refractivity contribution is 5.95. The van der Waals surface area contributed by atoms with E-state index in [4.69, 9.17) is 37.9 Å². The number of fused-ring (bicyclic) bond motifs is 2. The lowest BCUT2D eigenvalue weighted by Crippen LogP contribution is -2.19. The number of hydrogen-bond donors (Lipinski definition) is 1. The Labute approximate surface area is 253 Å². The van der Waals surface area contributed by atoms with E-state index in [1.54, 1.807) is 18.2 Å². The topological polar surface area (TPSA) is 103 Å². The third-order valence-corrected chi connectivity index (χ3v) is 6.44. The molecule has 1 heterocycles. The van der Waals surface area contributed by atoms with Gasteiger partial charge in [0.05, 0.1) is 58.8 Å². The van der Waals surface area contributed by atoms with E-state index >= 15 is 0 Å². The summed E-state index contributed by atoms with van der Waals surface area (Å²) in [5.74, 6) is 1.94. The van der Waals surface area contributed by atoms with Gasteiger partial charge in [-0.2, -0.15) is 0 Å². The number of carbonyl (C=O) groups excluding carboxylic acids is 1. The van der Waals surface area contributed by atoms with E-state index in [1.165, 1.54) is 0 Å². The van der Waals surface area contributed by atoms with Crippen LogP contribution in [0.5, 0.6) is 23.0 Å². The molecule has 10 nitrogen and oxygen atoms in total. The van der Waals surface area contributed by atoms with Crippen LogP contribution in [-0.4, -0.2) is 85.2 Å². The second-order valence-electron chi connectivity index (χ2n) is 9.57. The molecular formula is C33H41NO9. The summed E-state index contributed by atoms with van der Waals surface area (Å²) in [6.07, 6.45) is 0. The van der Waals surface area contributed by atoms with Crippen LogP contribution in [0.15, 0.2) is 72.8 Å². The highest BCUT2D eigenvalue weighted by atomic mass is 16.6. The van der Waals surface area contributed by atoms with Crippen LogP contribution >= 0.6 is 0 Å². The monoisotopic (exact) mass is 595 g/mol. The van der Waals surface area contributed by atoms with Gasteiger partial charge in [-0.1, -0.05) is 42.5 Å². The molecule has 0 spiro atoms. The number of amides is 1. The molecule has 4 rings (SSSR count). The molecule has 1 N–H and O–H groups in total. The van der Waals surface area contributed by atoms with Crippen LogP contribution < -0.4 is 24.3 Å². The van der Waals surface area contributed by atoms with Gasteiger partial charge in [0.15, 0.2) is 23.0 Å². The fourth-order valence-electron chi connectivity index (χ4n) is 4.14. The van der Waals surface area contributed by atoms with E-state index < -0.39 is 0 Å². The van der Waals surface area contributed by atoms with Gasteiger partial charge in [0.1, 0.15) is 26.4 Å². The van der Waals surface area contributed by atoms with E-state index in [0.717, 1.165) is 5.56 Å². The summed E-state index contributed by atoms with van der Waals surface area (Å²) in [6, 6.07) is 22.5. The third-order valence-electron chi connectivity index (χ3n) is 6.44. The molecule has 0 bridgehead atoms. The zero-order chi connectivity index (χ0) is 30.0. The van der Waals surface area contributed by atoms with Crippen LogP contribution in [0.25, 0.3) is 0 Å². The number of ether oxygens (including phenoxy) is 8. The van der Waals surface area contributed by atoms with Gasteiger partial charge in [0.25, 0.3) is 0 Å². The van der Waals surface area contributed by atoms with Crippen molar-refractivity contribution in [1.82, 2.24) is 0 Å². The number of carbonyl (C=O) groups is 1. The summed E-state index contributed by atoms with van der Waals surface area (Å²) in [4.78, 5) is 12.9. The highest BCUT2D eigenvalue weighted by Gasteiger charge is 2.16. The standard InChI is InChI=1S/C33H41NO9/c1-26(27-7-3-2-4-8-27)33(35)34-28-11-12-31-32(25-28)43-24-20-39-16-15-37-18-22-41-30-10-6-5-9-29(30)40-21-17-36-13-14-38-19-23-42-31/h2-12,25-26H,13-24H2,1H3,(H,34,35)/t26-/m0/s1. The minimum Gasteiger partial charge on any atom is -0.487 e. The number of hydrogen-bond acceptors (Lipinski definition) is 9. The van der Waals surface area contributed by atoms with Crippen molar-refractivity contribution in [3.8, 4) is 23.0 Å². The summed E-state index contributed by atoms with van der Waals surface area (Å²) in [7, 11) is 0. The van der Waals surface area contributed by atoms with Crippen LogP contribution in [0.3, 0.4) is 0 Å². The summed E-state index contributed by atoms with van der Waals surface area (Å²) in [5.41, 5.74) is 1.55. The zero-order valence-electron chi connectivity index (χ0n) is 24.7. The molecule has 0 radical (unpaired) electrons. The van der Waals surface area contributed by atoms with E-state index in [1.807, 2.05) is 61.5 Å². The average molecular weight is 596 g/mol. The highest BCUT2D eigenvalue weighted by Crippen LogP contribution is 2.31. The van der Waals surface area contributed by atoms with Crippen LogP contribution in [0, 0.1) is 0 Å². The van der Waals surface area contributed by atoms with E-state index in [9.17, 15) is 4.79 Å². The van der Waals surface area contributed by atoms with Gasteiger partial charge in [-0.3, -0.25) is 4.79 Å². The van der Waals surface area contributed by atoms with Crippen LogP contribution in [-0.2, 0) is 23.7 Å². The molecule has 0 aliphatic carbocycles. The Morgan fingerprint density at radius 1 is 0.535 bits per heavy atom. The number of rotatable bonds is 3. The van der Waals surface area contributed by atoms with Crippen LogP contribution in [0.2, 0.25) is 0 Å². The van der Waals surface area contributed by atoms with Gasteiger partial charge in [-0.25, -0.2) is 0 Å². The number of para-hydroxylation sites is 2. The lowest BCUT2D eigenvalue weighted by atomic mass is 10.0. The van der Waals surface area contributed by atoms with Gasteiger partial charge in [0.2, 0.25) is 5.91 Å². The fraction of sp³-hybridized carbons (Fsp3) is 0.424. The third kappa shape index (κ3) is 11.4. The largest absolute Gasteiger partial charge is 0.487 e. The zero-order valence-corrected chi connectivity index (χ0v) is 24.7. The van der Waals surface area contributed by atoms with Crippen molar-refractivity contribution in [3.63, 3.8) is 0 Å². The number of anilines is 1. The predicted molar refractivity (Wildman–Crippen MR) is 162 cm³/mol. The first-order valence-electron chi connectivity index (χ1n) is 14.6. The Kier molecular flexibility index (Phi) is 13.9. The summed E-state index contributed by atoms with van der Waals surface area (Å²) in [5, 5.41) is 2.98. The van der Waals surface area contributed by atoms with E-state index in [2.05, 4.69) is 5.32 Å². The summed E-state index contributed by atoms with van der Waals surface area (Å²) < 4.78 is 46.1. The molecule has 1 aliphatic rings. The minimum absolute atomic E-state index is 0.114. The Morgan fingerprint density at radius 3 is 1.47 bits per heavy atom. The van der Waals surface area contributed by atoms with Crippen molar-refractivity contribution < 1.29 is 42.7 Å². The first-order chi connectivity index (χ1) is 21.2. The molecule has 3 aromatic carbocycles. The van der Waals surface area contributed by atoms with Crippen molar-refractivity contribution >= 4 is 11.6 Å². The molecule has 43 heavy (non-hydrogen) atoms. The molecular weight excluding hydrogens is 554 g/mol. The number of benzene rings is 3. The van der Waals surface area contributed by atoms with Crippen molar-refractivity contribution in [3.05, 3.63) is 78.4 Å². The molecule has 0 unspecified atom stereocenters.